The highest BCUT2D eigenvalue weighted by atomic mass is 16.5. The van der Waals surface area contributed by atoms with E-state index in [1.807, 2.05) is 44.2 Å². The van der Waals surface area contributed by atoms with Crippen LogP contribution >= 0.6 is 0 Å². The third kappa shape index (κ3) is 13.1. The minimum Gasteiger partial charge on any atom is -0.378 e. The number of morpholine rings is 1. The monoisotopic (exact) mass is 546 g/mol. The Balaban J connectivity index is 0.000000798. The molecule has 0 bridgehead atoms. The third-order valence-electron chi connectivity index (χ3n) is 6.81. The molecule has 1 saturated carbocycles. The molecule has 0 radical (unpaired) electrons. The minimum absolute atomic E-state index is 0.0868. The Morgan fingerprint density at radius 1 is 1.03 bits per heavy atom. The third-order valence-corrected chi connectivity index (χ3v) is 6.81. The molecule has 3 rings (SSSR count). The summed E-state index contributed by atoms with van der Waals surface area (Å²) in [5.74, 6) is -0.109. The Morgan fingerprint density at radius 3 is 2.26 bits per heavy atom. The average molecular weight is 547 g/mol. The molecule has 1 heterocycles. The number of ketones is 1. The van der Waals surface area contributed by atoms with Gasteiger partial charge in [0.05, 0.1) is 26.4 Å². The molecule has 1 aromatic rings. The molecule has 1 aliphatic heterocycles. The standard InChI is InChI=1S/C25H37N3O5.C4H9NO/c1-19(29)23(18-33-17-21-10-6-3-7-11-21)26-24(30)22(16-20-8-4-2-5-9-20)27-25(31)28-12-14-32-15-13-28;1-4(2)5-3-6/h3,6-7,10-11,20,22-23H,2,4-5,8-9,12-18H2,1H3,(H,26,30)(H,27,31);3-4H,1-2H3,(H,5,6). The molecule has 0 spiro atoms. The summed E-state index contributed by atoms with van der Waals surface area (Å²) in [6.07, 6.45) is 6.93. The van der Waals surface area contributed by atoms with Gasteiger partial charge in [-0.2, -0.15) is 0 Å². The van der Waals surface area contributed by atoms with Gasteiger partial charge >= 0.3 is 6.03 Å². The lowest BCUT2D eigenvalue weighted by molar-refractivity contribution is -0.129. The van der Waals surface area contributed by atoms with Gasteiger partial charge in [0, 0.05) is 19.1 Å². The zero-order valence-electron chi connectivity index (χ0n) is 23.7. The second kappa shape index (κ2) is 18.3. The topological polar surface area (TPSA) is 126 Å². The van der Waals surface area contributed by atoms with Crippen molar-refractivity contribution in [3.05, 3.63) is 35.9 Å². The van der Waals surface area contributed by atoms with Crippen LogP contribution in [0.2, 0.25) is 0 Å². The van der Waals surface area contributed by atoms with Crippen LogP contribution in [0.5, 0.6) is 0 Å². The first-order valence-corrected chi connectivity index (χ1v) is 14.1. The predicted molar refractivity (Wildman–Crippen MR) is 149 cm³/mol. The van der Waals surface area contributed by atoms with E-state index in [1.165, 1.54) is 13.3 Å². The van der Waals surface area contributed by atoms with Crippen LogP contribution in [0.3, 0.4) is 0 Å². The average Bonchev–Trinajstić information content (AvgIpc) is 2.94. The molecule has 3 N–H and O–H groups in total. The van der Waals surface area contributed by atoms with E-state index in [0.29, 0.717) is 51.7 Å². The molecule has 1 saturated heterocycles. The van der Waals surface area contributed by atoms with Crippen LogP contribution in [0.1, 0.15) is 64.9 Å². The number of urea groups is 1. The van der Waals surface area contributed by atoms with Gasteiger partial charge in [0.25, 0.3) is 0 Å². The molecule has 2 unspecified atom stereocenters. The molecule has 2 fully saturated rings. The molecule has 10 heteroatoms. The Kier molecular flexibility index (Phi) is 15.2. The van der Waals surface area contributed by atoms with E-state index in [1.54, 1.807) is 4.90 Å². The molecule has 1 aromatic carbocycles. The predicted octanol–water partition coefficient (Wildman–Crippen LogP) is 2.80. The highest BCUT2D eigenvalue weighted by Gasteiger charge is 2.30. The summed E-state index contributed by atoms with van der Waals surface area (Å²) in [6, 6.07) is 8.27. The van der Waals surface area contributed by atoms with Crippen LogP contribution in [0.15, 0.2) is 30.3 Å². The molecule has 218 valence electrons. The summed E-state index contributed by atoms with van der Waals surface area (Å²) < 4.78 is 11.0. The SMILES string of the molecule is CC(=O)C(COCc1ccccc1)NC(=O)C(CC1CCCCC1)NC(=O)N1CCOCC1.CC(C)NC=O. The van der Waals surface area contributed by atoms with Crippen molar-refractivity contribution in [3.8, 4) is 0 Å². The highest BCUT2D eigenvalue weighted by Crippen LogP contribution is 2.27. The van der Waals surface area contributed by atoms with E-state index in [4.69, 9.17) is 9.47 Å². The zero-order valence-corrected chi connectivity index (χ0v) is 23.7. The number of nitrogens with zero attached hydrogens (tertiary/aromatic N) is 1. The van der Waals surface area contributed by atoms with Gasteiger partial charge in [-0.1, -0.05) is 62.4 Å². The number of rotatable bonds is 12. The van der Waals surface area contributed by atoms with Crippen molar-refractivity contribution in [2.45, 2.75) is 84.0 Å². The van der Waals surface area contributed by atoms with Gasteiger partial charge in [-0.25, -0.2) is 4.79 Å². The summed E-state index contributed by atoms with van der Waals surface area (Å²) in [5.41, 5.74) is 0.999. The van der Waals surface area contributed by atoms with E-state index < -0.39 is 12.1 Å². The number of hydrogen-bond donors (Lipinski definition) is 3. The van der Waals surface area contributed by atoms with Crippen LogP contribution in [0.25, 0.3) is 0 Å². The summed E-state index contributed by atoms with van der Waals surface area (Å²) in [4.78, 5) is 49.4. The van der Waals surface area contributed by atoms with E-state index in [0.717, 1.165) is 31.2 Å². The molecule has 4 amide bonds. The summed E-state index contributed by atoms with van der Waals surface area (Å²) in [5, 5.41) is 8.28. The van der Waals surface area contributed by atoms with Crippen LogP contribution < -0.4 is 16.0 Å². The van der Waals surface area contributed by atoms with Crippen LogP contribution in [-0.4, -0.2) is 80.1 Å². The fourth-order valence-corrected chi connectivity index (χ4v) is 4.53. The molecular formula is C29H46N4O6. The lowest BCUT2D eigenvalue weighted by atomic mass is 9.84. The van der Waals surface area contributed by atoms with Gasteiger partial charge in [0.1, 0.15) is 12.1 Å². The summed E-state index contributed by atoms with van der Waals surface area (Å²) in [6.45, 7) is 7.72. The van der Waals surface area contributed by atoms with Crippen molar-refractivity contribution < 1.29 is 28.7 Å². The lowest BCUT2D eigenvalue weighted by Gasteiger charge is -2.31. The van der Waals surface area contributed by atoms with E-state index in [2.05, 4.69) is 16.0 Å². The fourth-order valence-electron chi connectivity index (χ4n) is 4.53. The molecule has 10 nitrogen and oxygen atoms in total. The molecule has 2 atom stereocenters. The zero-order chi connectivity index (χ0) is 28.5. The largest absolute Gasteiger partial charge is 0.378 e. The Bertz CT molecular complexity index is 870. The van der Waals surface area contributed by atoms with Crippen molar-refractivity contribution in [2.24, 2.45) is 5.92 Å². The number of nitrogens with one attached hydrogen (secondary N) is 3. The highest BCUT2D eigenvalue weighted by molar-refractivity contribution is 5.91. The van der Waals surface area contributed by atoms with Crippen LogP contribution in [0.4, 0.5) is 4.79 Å². The molecule has 1 aliphatic carbocycles. The lowest BCUT2D eigenvalue weighted by Crippen LogP contribution is -2.56. The van der Waals surface area contributed by atoms with E-state index >= 15 is 0 Å². The maximum Gasteiger partial charge on any atom is 0.318 e. The summed E-state index contributed by atoms with van der Waals surface area (Å²) >= 11 is 0. The smallest absolute Gasteiger partial charge is 0.318 e. The minimum atomic E-state index is -0.754. The number of Topliss-reactive ketones (excluding diaryl/α,β-unsaturated/α-hetero) is 1. The van der Waals surface area contributed by atoms with Gasteiger partial charge in [-0.05, 0) is 38.7 Å². The Morgan fingerprint density at radius 2 is 1.69 bits per heavy atom. The van der Waals surface area contributed by atoms with E-state index in [-0.39, 0.29) is 30.4 Å². The van der Waals surface area contributed by atoms with Gasteiger partial charge < -0.3 is 30.3 Å². The number of carbonyl (C=O) groups excluding carboxylic acids is 4. The molecular weight excluding hydrogens is 500 g/mol. The second-order valence-electron chi connectivity index (χ2n) is 10.5. The first kappa shape index (κ1) is 32.2. The number of amides is 4. The van der Waals surface area contributed by atoms with Gasteiger partial charge in [0.15, 0.2) is 5.78 Å². The van der Waals surface area contributed by atoms with Gasteiger partial charge in [-0.3, -0.25) is 14.4 Å². The molecule has 2 aliphatic rings. The van der Waals surface area contributed by atoms with Gasteiger partial charge in [0.2, 0.25) is 12.3 Å². The van der Waals surface area contributed by atoms with Crippen molar-refractivity contribution >= 4 is 24.1 Å². The maximum atomic E-state index is 13.2. The van der Waals surface area contributed by atoms with Crippen LogP contribution in [0, 0.1) is 5.92 Å². The van der Waals surface area contributed by atoms with Gasteiger partial charge in [-0.15, -0.1) is 0 Å². The van der Waals surface area contributed by atoms with Crippen molar-refractivity contribution in [1.29, 1.82) is 0 Å². The number of ether oxygens (including phenoxy) is 2. The number of hydrogen-bond acceptors (Lipinski definition) is 6. The first-order chi connectivity index (χ1) is 18.8. The summed E-state index contributed by atoms with van der Waals surface area (Å²) in [7, 11) is 0. The number of carbonyl (C=O) groups is 4. The number of benzene rings is 1. The first-order valence-electron chi connectivity index (χ1n) is 14.1. The Hall–Kier alpha value is -2.98. The van der Waals surface area contributed by atoms with Crippen molar-refractivity contribution in [3.63, 3.8) is 0 Å². The second-order valence-corrected chi connectivity index (χ2v) is 10.5. The molecule has 0 aromatic heterocycles. The van der Waals surface area contributed by atoms with Crippen LogP contribution in [-0.2, 0) is 30.5 Å². The van der Waals surface area contributed by atoms with Crippen molar-refractivity contribution in [2.75, 3.05) is 32.9 Å². The van der Waals surface area contributed by atoms with E-state index in [9.17, 15) is 19.2 Å². The molecule has 39 heavy (non-hydrogen) atoms. The van der Waals surface area contributed by atoms with Crippen molar-refractivity contribution in [1.82, 2.24) is 20.9 Å². The maximum absolute atomic E-state index is 13.2. The quantitative estimate of drug-likeness (QED) is 0.346. The Labute approximate surface area is 232 Å². The fraction of sp³-hybridized carbons (Fsp3) is 0.655. The normalized spacial score (nSPS) is 17.3.